The molecule has 4 heterocycles. The number of aryl methyl sites for hydroxylation is 1. The number of nitrogens with zero attached hydrogens (tertiary/aromatic N) is 4. The van der Waals surface area contributed by atoms with Gasteiger partial charge in [0.05, 0.1) is 12.6 Å². The summed E-state index contributed by atoms with van der Waals surface area (Å²) in [6, 6.07) is 3.93. The summed E-state index contributed by atoms with van der Waals surface area (Å²) in [5.74, 6) is 1.01. The Morgan fingerprint density at radius 1 is 1.46 bits per heavy atom. The van der Waals surface area contributed by atoms with Crippen LogP contribution in [-0.4, -0.2) is 32.0 Å². The van der Waals surface area contributed by atoms with Gasteiger partial charge in [0.25, 0.3) is 5.91 Å². The molecule has 2 N–H and O–H groups in total. The van der Waals surface area contributed by atoms with E-state index in [4.69, 9.17) is 4.42 Å². The minimum Gasteiger partial charge on any atom is -0.446 e. The molecule has 4 rings (SSSR count). The van der Waals surface area contributed by atoms with E-state index in [0.717, 1.165) is 30.6 Å². The van der Waals surface area contributed by atoms with Crippen LogP contribution in [0.25, 0.3) is 5.65 Å². The molecule has 1 aliphatic rings. The van der Waals surface area contributed by atoms with Gasteiger partial charge in [-0.05, 0) is 37.9 Å². The van der Waals surface area contributed by atoms with Crippen molar-refractivity contribution in [3.05, 3.63) is 47.6 Å². The summed E-state index contributed by atoms with van der Waals surface area (Å²) in [7, 11) is 0. The topological polar surface area (TPSA) is 97.4 Å². The molecule has 8 heteroatoms. The molecule has 0 aliphatic carbocycles. The lowest BCUT2D eigenvalue weighted by Gasteiger charge is -2.08. The highest BCUT2D eigenvalue weighted by molar-refractivity contribution is 5.93. The second kappa shape index (κ2) is 6.04. The minimum atomic E-state index is -0.267. The number of hydrogen-bond acceptors (Lipinski definition) is 6. The summed E-state index contributed by atoms with van der Waals surface area (Å²) in [6.07, 6.45) is 5.28. The lowest BCUT2D eigenvalue weighted by Crippen LogP contribution is -2.26. The molecule has 0 aromatic carbocycles. The lowest BCUT2D eigenvalue weighted by atomic mass is 10.1. The Kier molecular flexibility index (Phi) is 3.73. The number of carbonyl (C=O) groups is 1. The van der Waals surface area contributed by atoms with Gasteiger partial charge in [-0.3, -0.25) is 9.20 Å². The van der Waals surface area contributed by atoms with E-state index in [1.54, 1.807) is 0 Å². The van der Waals surface area contributed by atoms with E-state index >= 15 is 0 Å². The summed E-state index contributed by atoms with van der Waals surface area (Å²) in [5, 5.41) is 14.4. The number of amides is 1. The number of nitrogens with one attached hydrogen (secondary N) is 2. The van der Waals surface area contributed by atoms with E-state index < -0.39 is 0 Å². The molecule has 0 saturated carbocycles. The van der Waals surface area contributed by atoms with Gasteiger partial charge in [0.15, 0.2) is 29.3 Å². The Hall–Kier alpha value is -2.74. The third kappa shape index (κ3) is 2.65. The van der Waals surface area contributed by atoms with Gasteiger partial charge in [-0.25, -0.2) is 4.98 Å². The Labute approximate surface area is 138 Å². The summed E-state index contributed by atoms with van der Waals surface area (Å²) < 4.78 is 7.30. The van der Waals surface area contributed by atoms with Gasteiger partial charge in [0, 0.05) is 6.20 Å². The van der Waals surface area contributed by atoms with E-state index in [1.807, 2.05) is 29.7 Å². The first-order valence-electron chi connectivity index (χ1n) is 7.97. The molecule has 1 fully saturated rings. The molecule has 0 radical (unpaired) electrons. The van der Waals surface area contributed by atoms with E-state index in [1.165, 1.54) is 6.39 Å². The minimum absolute atomic E-state index is 0.0600. The van der Waals surface area contributed by atoms with Crippen LogP contribution in [0, 0.1) is 6.92 Å². The number of oxazole rings is 1. The number of rotatable bonds is 4. The average molecular weight is 326 g/mol. The van der Waals surface area contributed by atoms with Crippen LogP contribution in [0.2, 0.25) is 0 Å². The number of fused-ring (bicyclic) bond motifs is 1. The number of pyridine rings is 1. The maximum Gasteiger partial charge on any atom is 0.273 e. The summed E-state index contributed by atoms with van der Waals surface area (Å²) in [5.41, 5.74) is 2.18. The van der Waals surface area contributed by atoms with Crippen molar-refractivity contribution >= 4 is 11.6 Å². The standard InChI is InChI=1S/C16H18N6O2/c1-10-4-5-12-20-21-13(22(12)8-10)7-18-16(23)14-15(24-9-19-14)11-3-2-6-17-11/h4-5,8-9,11,17H,2-3,6-7H2,1H3,(H,18,23). The normalized spacial score (nSPS) is 17.5. The van der Waals surface area contributed by atoms with Crippen LogP contribution >= 0.6 is 0 Å². The molecular formula is C16H18N6O2. The fourth-order valence-corrected chi connectivity index (χ4v) is 2.99. The quantitative estimate of drug-likeness (QED) is 0.752. The van der Waals surface area contributed by atoms with Crippen LogP contribution in [0.15, 0.2) is 29.1 Å². The SMILES string of the molecule is Cc1ccc2nnc(CNC(=O)c3ncoc3C3CCCN3)n2c1. The maximum atomic E-state index is 12.5. The van der Waals surface area contributed by atoms with Crippen molar-refractivity contribution < 1.29 is 9.21 Å². The van der Waals surface area contributed by atoms with E-state index in [0.29, 0.717) is 17.3 Å². The van der Waals surface area contributed by atoms with Gasteiger partial charge in [-0.15, -0.1) is 10.2 Å². The van der Waals surface area contributed by atoms with Gasteiger partial charge < -0.3 is 15.1 Å². The van der Waals surface area contributed by atoms with Crippen molar-refractivity contribution in [1.29, 1.82) is 0 Å². The molecule has 1 atom stereocenters. The van der Waals surface area contributed by atoms with Gasteiger partial charge in [-0.1, -0.05) is 6.07 Å². The molecule has 1 unspecified atom stereocenters. The first-order chi connectivity index (χ1) is 11.7. The van der Waals surface area contributed by atoms with E-state index in [2.05, 4.69) is 25.8 Å². The second-order valence-electron chi connectivity index (χ2n) is 5.95. The second-order valence-corrected chi connectivity index (χ2v) is 5.95. The number of carbonyl (C=O) groups excluding carboxylic acids is 1. The third-order valence-corrected chi connectivity index (χ3v) is 4.21. The van der Waals surface area contributed by atoms with Gasteiger partial charge >= 0.3 is 0 Å². The molecule has 0 bridgehead atoms. The molecule has 1 saturated heterocycles. The largest absolute Gasteiger partial charge is 0.446 e. The van der Waals surface area contributed by atoms with Crippen LogP contribution in [0.5, 0.6) is 0 Å². The van der Waals surface area contributed by atoms with Crippen LogP contribution in [0.3, 0.4) is 0 Å². The van der Waals surface area contributed by atoms with Crippen molar-refractivity contribution in [2.75, 3.05) is 6.54 Å². The Bertz CT molecular complexity index is 878. The van der Waals surface area contributed by atoms with Crippen molar-refractivity contribution in [1.82, 2.24) is 30.2 Å². The Morgan fingerprint density at radius 2 is 2.38 bits per heavy atom. The predicted octanol–water partition coefficient (Wildman–Crippen LogP) is 1.38. The third-order valence-electron chi connectivity index (χ3n) is 4.21. The van der Waals surface area contributed by atoms with Crippen molar-refractivity contribution in [3.63, 3.8) is 0 Å². The highest BCUT2D eigenvalue weighted by Gasteiger charge is 2.26. The van der Waals surface area contributed by atoms with Crippen LogP contribution in [0.4, 0.5) is 0 Å². The van der Waals surface area contributed by atoms with Crippen molar-refractivity contribution in [2.24, 2.45) is 0 Å². The Balaban J connectivity index is 1.50. The molecule has 3 aromatic heterocycles. The predicted molar refractivity (Wildman–Crippen MR) is 85.4 cm³/mol. The first kappa shape index (κ1) is 14.8. The molecular weight excluding hydrogens is 308 g/mol. The highest BCUT2D eigenvalue weighted by atomic mass is 16.3. The molecule has 0 spiro atoms. The summed E-state index contributed by atoms with van der Waals surface area (Å²) in [6.45, 7) is 3.20. The molecule has 1 amide bonds. The van der Waals surface area contributed by atoms with Gasteiger partial charge in [0.1, 0.15) is 0 Å². The first-order valence-corrected chi connectivity index (χ1v) is 7.97. The fraction of sp³-hybridized carbons (Fsp3) is 0.375. The highest BCUT2D eigenvalue weighted by Crippen LogP contribution is 2.25. The van der Waals surface area contributed by atoms with Gasteiger partial charge in [-0.2, -0.15) is 0 Å². The molecule has 1 aliphatic heterocycles. The van der Waals surface area contributed by atoms with Crippen molar-refractivity contribution in [3.8, 4) is 0 Å². The lowest BCUT2D eigenvalue weighted by molar-refractivity contribution is 0.0942. The van der Waals surface area contributed by atoms with E-state index in [9.17, 15) is 4.79 Å². The zero-order chi connectivity index (χ0) is 16.5. The molecule has 3 aromatic rings. The molecule has 8 nitrogen and oxygen atoms in total. The van der Waals surface area contributed by atoms with Crippen molar-refractivity contribution in [2.45, 2.75) is 32.4 Å². The smallest absolute Gasteiger partial charge is 0.273 e. The maximum absolute atomic E-state index is 12.5. The van der Waals surface area contributed by atoms with E-state index in [-0.39, 0.29) is 18.5 Å². The molecule has 124 valence electrons. The van der Waals surface area contributed by atoms with Gasteiger partial charge in [0.2, 0.25) is 0 Å². The number of hydrogen-bond donors (Lipinski definition) is 2. The average Bonchev–Trinajstić information content (AvgIpc) is 3.31. The summed E-state index contributed by atoms with van der Waals surface area (Å²) in [4.78, 5) is 16.5. The molecule has 24 heavy (non-hydrogen) atoms. The van der Waals surface area contributed by atoms with Crippen LogP contribution in [-0.2, 0) is 6.54 Å². The zero-order valence-electron chi connectivity index (χ0n) is 13.3. The zero-order valence-corrected chi connectivity index (χ0v) is 13.3. The van der Waals surface area contributed by atoms with Crippen LogP contribution in [0.1, 0.15) is 46.5 Å². The fourth-order valence-electron chi connectivity index (χ4n) is 2.99. The number of aromatic nitrogens is 4. The summed E-state index contributed by atoms with van der Waals surface area (Å²) >= 11 is 0. The monoisotopic (exact) mass is 326 g/mol. The Morgan fingerprint density at radius 3 is 3.21 bits per heavy atom. The van der Waals surface area contributed by atoms with Crippen LogP contribution < -0.4 is 10.6 Å².